The number of terminal acetylenes is 1. The van der Waals surface area contributed by atoms with E-state index in [1.807, 2.05) is 0 Å². The van der Waals surface area contributed by atoms with E-state index in [1.165, 1.54) is 0 Å². The normalized spacial score (nSPS) is 22.5. The van der Waals surface area contributed by atoms with Crippen molar-refractivity contribution in [1.29, 1.82) is 0 Å². The van der Waals surface area contributed by atoms with Crippen LogP contribution in [0.5, 0.6) is 0 Å². The van der Waals surface area contributed by atoms with Crippen LogP contribution in [-0.2, 0) is 6.54 Å². The van der Waals surface area contributed by atoms with Crippen molar-refractivity contribution in [2.75, 3.05) is 6.54 Å². The van der Waals surface area contributed by atoms with Gasteiger partial charge in [0.25, 0.3) is 0 Å². The molecule has 0 amide bonds. The zero-order chi connectivity index (χ0) is 12.3. The van der Waals surface area contributed by atoms with Gasteiger partial charge in [-0.25, -0.2) is 8.78 Å². The van der Waals surface area contributed by atoms with Crippen molar-refractivity contribution in [3.63, 3.8) is 0 Å². The fourth-order valence-corrected chi connectivity index (χ4v) is 1.92. The highest BCUT2D eigenvalue weighted by Gasteiger charge is 2.41. The van der Waals surface area contributed by atoms with E-state index in [1.54, 1.807) is 0 Å². The lowest BCUT2D eigenvalue weighted by molar-refractivity contribution is 0.00750. The second-order valence-corrected chi connectivity index (χ2v) is 4.15. The molecule has 1 fully saturated rings. The number of aromatic nitrogens is 2. The van der Waals surface area contributed by atoms with Crippen LogP contribution in [0, 0.1) is 12.3 Å². The summed E-state index contributed by atoms with van der Waals surface area (Å²) in [6.45, 7) is 0.763. The van der Waals surface area contributed by atoms with Gasteiger partial charge in [-0.3, -0.25) is 5.32 Å². The topological polar surface area (TPSA) is 51.0 Å². The zero-order valence-electron chi connectivity index (χ0n) is 9.25. The van der Waals surface area contributed by atoms with Gasteiger partial charge in [0.2, 0.25) is 11.8 Å². The summed E-state index contributed by atoms with van der Waals surface area (Å²) in [6.07, 6.45) is 5.18. The third kappa shape index (κ3) is 3.01. The molecule has 17 heavy (non-hydrogen) atoms. The van der Waals surface area contributed by atoms with Crippen LogP contribution in [0.15, 0.2) is 4.52 Å². The first-order chi connectivity index (χ1) is 8.11. The summed E-state index contributed by atoms with van der Waals surface area (Å²) in [5, 5.41) is 6.62. The van der Waals surface area contributed by atoms with Gasteiger partial charge in [-0.05, 0) is 6.42 Å². The number of halogens is 2. The van der Waals surface area contributed by atoms with Crippen LogP contribution in [0.3, 0.4) is 0 Å². The van der Waals surface area contributed by atoms with Crippen LogP contribution in [0.1, 0.15) is 36.9 Å². The van der Waals surface area contributed by atoms with E-state index < -0.39 is 5.92 Å². The lowest BCUT2D eigenvalue weighted by Crippen LogP contribution is -2.13. The molecule has 1 aromatic rings. The molecule has 4 nitrogen and oxygen atoms in total. The fourth-order valence-electron chi connectivity index (χ4n) is 1.92. The Kier molecular flexibility index (Phi) is 3.38. The van der Waals surface area contributed by atoms with Crippen LogP contribution in [0.4, 0.5) is 8.78 Å². The summed E-state index contributed by atoms with van der Waals surface area (Å²) < 4.78 is 31.0. The number of nitrogens with one attached hydrogen (secondary N) is 1. The minimum absolute atomic E-state index is 0.100. The van der Waals surface area contributed by atoms with Gasteiger partial charge in [0.15, 0.2) is 5.82 Å². The Bertz CT molecular complexity index is 425. The number of hydrogen-bond acceptors (Lipinski definition) is 4. The molecule has 1 aliphatic carbocycles. The molecule has 0 radical (unpaired) electrons. The molecule has 1 atom stereocenters. The van der Waals surface area contributed by atoms with E-state index in [2.05, 4.69) is 21.4 Å². The van der Waals surface area contributed by atoms with Crippen LogP contribution >= 0.6 is 0 Å². The summed E-state index contributed by atoms with van der Waals surface area (Å²) in [6, 6.07) is 0. The van der Waals surface area contributed by atoms with Gasteiger partial charge in [-0.1, -0.05) is 11.1 Å². The maximum atomic E-state index is 13.0. The zero-order valence-corrected chi connectivity index (χ0v) is 9.25. The maximum Gasteiger partial charge on any atom is 0.248 e. The second kappa shape index (κ2) is 4.80. The number of nitrogens with zero attached hydrogens (tertiary/aromatic N) is 2. The maximum absolute atomic E-state index is 13.0. The molecule has 6 heteroatoms. The Balaban J connectivity index is 1.93. The highest BCUT2D eigenvalue weighted by Crippen LogP contribution is 2.43. The summed E-state index contributed by atoms with van der Waals surface area (Å²) >= 11 is 0. The molecule has 1 unspecified atom stereocenters. The summed E-state index contributed by atoms with van der Waals surface area (Å²) in [7, 11) is 0. The molecule has 1 heterocycles. The first kappa shape index (κ1) is 12.0. The number of hydrogen-bond donors (Lipinski definition) is 1. The first-order valence-corrected chi connectivity index (χ1v) is 5.45. The van der Waals surface area contributed by atoms with Gasteiger partial charge in [0.1, 0.15) is 0 Å². The van der Waals surface area contributed by atoms with Crippen molar-refractivity contribution in [3.05, 3.63) is 11.7 Å². The summed E-state index contributed by atoms with van der Waals surface area (Å²) in [5.74, 6) is 0.279. The van der Waals surface area contributed by atoms with E-state index in [0.717, 1.165) is 0 Å². The molecule has 1 N–H and O–H groups in total. The van der Waals surface area contributed by atoms with Crippen molar-refractivity contribution in [2.24, 2.45) is 0 Å². The molecule has 92 valence electrons. The minimum atomic E-state index is -2.59. The molecule has 2 rings (SSSR count). The van der Waals surface area contributed by atoms with Gasteiger partial charge < -0.3 is 4.52 Å². The van der Waals surface area contributed by atoms with Crippen LogP contribution in [-0.4, -0.2) is 22.6 Å². The number of alkyl halides is 2. The lowest BCUT2D eigenvalue weighted by Gasteiger charge is -2.06. The smallest absolute Gasteiger partial charge is 0.248 e. The SMILES string of the molecule is C#CCNCc1nc(C2CCC(F)(F)C2)no1. The Morgan fingerprint density at radius 1 is 1.59 bits per heavy atom. The van der Waals surface area contributed by atoms with E-state index in [0.29, 0.717) is 31.2 Å². The van der Waals surface area contributed by atoms with E-state index in [9.17, 15) is 8.78 Å². The van der Waals surface area contributed by atoms with Gasteiger partial charge in [0, 0.05) is 18.8 Å². The quantitative estimate of drug-likeness (QED) is 0.644. The van der Waals surface area contributed by atoms with Crippen molar-refractivity contribution in [3.8, 4) is 12.3 Å². The molecular formula is C11H13F2N3O. The van der Waals surface area contributed by atoms with E-state index in [4.69, 9.17) is 10.9 Å². The molecular weight excluding hydrogens is 228 g/mol. The average molecular weight is 241 g/mol. The molecule has 0 saturated heterocycles. The van der Waals surface area contributed by atoms with Crippen molar-refractivity contribution in [1.82, 2.24) is 15.5 Å². The van der Waals surface area contributed by atoms with Gasteiger partial charge in [-0.15, -0.1) is 6.42 Å². The van der Waals surface area contributed by atoms with Crippen LogP contribution in [0.25, 0.3) is 0 Å². The fraction of sp³-hybridized carbons (Fsp3) is 0.636. The number of rotatable bonds is 4. The minimum Gasteiger partial charge on any atom is -0.338 e. The van der Waals surface area contributed by atoms with Crippen molar-refractivity contribution in [2.45, 2.75) is 37.6 Å². The van der Waals surface area contributed by atoms with Gasteiger partial charge in [0.05, 0.1) is 13.1 Å². The molecule has 1 aromatic heterocycles. The first-order valence-electron chi connectivity index (χ1n) is 5.45. The summed E-state index contributed by atoms with van der Waals surface area (Å²) in [5.41, 5.74) is 0. The molecule has 1 aliphatic rings. The van der Waals surface area contributed by atoms with Gasteiger partial charge in [-0.2, -0.15) is 4.98 Å². The Labute approximate surface area is 97.8 Å². The van der Waals surface area contributed by atoms with Gasteiger partial charge >= 0.3 is 0 Å². The largest absolute Gasteiger partial charge is 0.338 e. The molecule has 1 saturated carbocycles. The Morgan fingerprint density at radius 2 is 2.41 bits per heavy atom. The Morgan fingerprint density at radius 3 is 3.06 bits per heavy atom. The third-order valence-corrected chi connectivity index (χ3v) is 2.76. The molecule has 0 spiro atoms. The van der Waals surface area contributed by atoms with E-state index in [-0.39, 0.29) is 18.8 Å². The van der Waals surface area contributed by atoms with Crippen LogP contribution in [0.2, 0.25) is 0 Å². The third-order valence-electron chi connectivity index (χ3n) is 2.76. The molecule has 0 aliphatic heterocycles. The van der Waals surface area contributed by atoms with Crippen LogP contribution < -0.4 is 5.32 Å². The average Bonchev–Trinajstić information content (AvgIpc) is 2.85. The predicted molar refractivity (Wildman–Crippen MR) is 56.4 cm³/mol. The highest BCUT2D eigenvalue weighted by atomic mass is 19.3. The highest BCUT2D eigenvalue weighted by molar-refractivity contribution is 5.02. The Hall–Kier alpha value is -1.48. The monoisotopic (exact) mass is 241 g/mol. The molecule has 0 aromatic carbocycles. The standard InChI is InChI=1S/C11H13F2N3O/c1-2-5-14-7-9-15-10(16-17-9)8-3-4-11(12,13)6-8/h1,8,14H,3-7H2. The molecule has 0 bridgehead atoms. The van der Waals surface area contributed by atoms with Crippen molar-refractivity contribution < 1.29 is 13.3 Å². The lowest BCUT2D eigenvalue weighted by atomic mass is 10.1. The summed E-state index contributed by atoms with van der Waals surface area (Å²) in [4.78, 5) is 4.09. The second-order valence-electron chi connectivity index (χ2n) is 4.15. The van der Waals surface area contributed by atoms with Crippen molar-refractivity contribution >= 4 is 0 Å². The van der Waals surface area contributed by atoms with E-state index >= 15 is 0 Å². The predicted octanol–water partition coefficient (Wildman–Crippen LogP) is 1.70.